The molecule has 2 amide bonds. The molecule has 0 saturated heterocycles. The molecule has 0 aliphatic rings. The summed E-state index contributed by atoms with van der Waals surface area (Å²) in [4.78, 5) is 23.6. The molecular weight excluding hydrogens is 314 g/mol. The number of urea groups is 1. The van der Waals surface area contributed by atoms with Crippen LogP contribution in [-0.4, -0.2) is 21.0 Å². The number of nitrogens with zero attached hydrogens (tertiary/aromatic N) is 2. The van der Waals surface area contributed by atoms with Crippen molar-refractivity contribution in [2.45, 2.75) is 26.2 Å². The number of carbonyl (C=O) groups is 1. The second-order valence-electron chi connectivity index (χ2n) is 5.75. The Morgan fingerprint density at radius 2 is 1.92 bits per heavy atom. The van der Waals surface area contributed by atoms with Crippen molar-refractivity contribution in [1.29, 1.82) is 0 Å². The van der Waals surface area contributed by atoms with Crippen LogP contribution < -0.4 is 10.6 Å². The van der Waals surface area contributed by atoms with Crippen LogP contribution in [0.5, 0.6) is 0 Å². The summed E-state index contributed by atoms with van der Waals surface area (Å²) < 4.78 is 0. The Balaban J connectivity index is 1.65. The van der Waals surface area contributed by atoms with Gasteiger partial charge < -0.3 is 10.3 Å². The number of aromatic nitrogens is 3. The lowest BCUT2D eigenvalue weighted by Gasteiger charge is -2.13. The van der Waals surface area contributed by atoms with Gasteiger partial charge in [-0.3, -0.25) is 5.32 Å². The average Bonchev–Trinajstić information content (AvgIpc) is 3.11. The van der Waals surface area contributed by atoms with Gasteiger partial charge in [-0.15, -0.1) is 0 Å². The summed E-state index contributed by atoms with van der Waals surface area (Å²) in [7, 11) is 0. The summed E-state index contributed by atoms with van der Waals surface area (Å²) in [6, 6.07) is 12.9. The number of H-pyrrole nitrogens is 1. The fourth-order valence-electron chi connectivity index (χ4n) is 2.73. The van der Waals surface area contributed by atoms with Crippen molar-refractivity contribution < 1.29 is 4.79 Å². The number of aryl methyl sites for hydroxylation is 1. The van der Waals surface area contributed by atoms with E-state index >= 15 is 0 Å². The van der Waals surface area contributed by atoms with Crippen molar-refractivity contribution in [3.63, 3.8) is 0 Å². The van der Waals surface area contributed by atoms with E-state index in [4.69, 9.17) is 0 Å². The first-order valence-corrected chi connectivity index (χ1v) is 8.28. The molecule has 3 rings (SSSR count). The van der Waals surface area contributed by atoms with Crippen molar-refractivity contribution in [3.8, 4) is 0 Å². The molecule has 0 spiro atoms. The number of rotatable bonds is 5. The normalized spacial score (nSPS) is 11.8. The average molecular weight is 335 g/mol. The number of pyridine rings is 1. The van der Waals surface area contributed by atoms with E-state index in [0.717, 1.165) is 29.1 Å². The van der Waals surface area contributed by atoms with Gasteiger partial charge in [0.15, 0.2) is 0 Å². The monoisotopic (exact) mass is 335 g/mol. The minimum absolute atomic E-state index is 0.217. The number of amides is 2. The maximum Gasteiger partial charge on any atom is 0.324 e. The van der Waals surface area contributed by atoms with Crippen molar-refractivity contribution in [1.82, 2.24) is 15.0 Å². The second-order valence-corrected chi connectivity index (χ2v) is 5.75. The fourth-order valence-corrected chi connectivity index (χ4v) is 2.73. The Kier molecular flexibility index (Phi) is 5.09. The van der Waals surface area contributed by atoms with Gasteiger partial charge in [0, 0.05) is 23.5 Å². The molecule has 0 bridgehead atoms. The maximum absolute atomic E-state index is 12.0. The van der Waals surface area contributed by atoms with Crippen LogP contribution in [-0.2, 0) is 6.42 Å². The third kappa shape index (κ3) is 4.03. The van der Waals surface area contributed by atoms with Crippen molar-refractivity contribution in [2.24, 2.45) is 0 Å². The van der Waals surface area contributed by atoms with Gasteiger partial charge in [0.2, 0.25) is 0 Å². The van der Waals surface area contributed by atoms with Crippen LogP contribution >= 0.6 is 0 Å². The largest absolute Gasteiger partial charge is 0.348 e. The number of hydrogen-bond acceptors (Lipinski definition) is 3. The van der Waals surface area contributed by atoms with Gasteiger partial charge >= 0.3 is 6.03 Å². The molecule has 3 N–H and O–H groups in total. The molecule has 0 saturated carbocycles. The van der Waals surface area contributed by atoms with Crippen LogP contribution in [0.25, 0.3) is 0 Å². The van der Waals surface area contributed by atoms with E-state index < -0.39 is 0 Å². The van der Waals surface area contributed by atoms with Crippen LogP contribution in [0.3, 0.4) is 0 Å². The zero-order chi connectivity index (χ0) is 17.6. The molecule has 2 aromatic heterocycles. The van der Waals surface area contributed by atoms with E-state index in [-0.39, 0.29) is 11.9 Å². The Hall–Kier alpha value is -3.15. The zero-order valence-electron chi connectivity index (χ0n) is 14.3. The maximum atomic E-state index is 12.0. The number of carbonyl (C=O) groups excluding carboxylic acids is 1. The first kappa shape index (κ1) is 16.7. The zero-order valence-corrected chi connectivity index (χ0v) is 14.3. The molecule has 25 heavy (non-hydrogen) atoms. The van der Waals surface area contributed by atoms with Gasteiger partial charge in [-0.05, 0) is 36.2 Å². The third-order valence-electron chi connectivity index (χ3n) is 4.09. The lowest BCUT2D eigenvalue weighted by Crippen LogP contribution is -2.19. The van der Waals surface area contributed by atoms with Gasteiger partial charge in [0.1, 0.15) is 5.82 Å². The second kappa shape index (κ2) is 7.61. The number of nitrogens with one attached hydrogen (secondary N) is 3. The van der Waals surface area contributed by atoms with Crippen molar-refractivity contribution in [2.75, 3.05) is 10.6 Å². The highest BCUT2D eigenvalue weighted by Gasteiger charge is 2.14. The van der Waals surface area contributed by atoms with Gasteiger partial charge in [0.05, 0.1) is 12.0 Å². The minimum atomic E-state index is -0.318. The summed E-state index contributed by atoms with van der Waals surface area (Å²) >= 11 is 0. The van der Waals surface area contributed by atoms with Crippen LogP contribution in [0.2, 0.25) is 0 Å². The van der Waals surface area contributed by atoms with Crippen LogP contribution in [0.4, 0.5) is 16.3 Å². The lowest BCUT2D eigenvalue weighted by molar-refractivity contribution is 0.262. The Labute approximate surface area is 146 Å². The van der Waals surface area contributed by atoms with E-state index in [1.54, 1.807) is 24.7 Å². The van der Waals surface area contributed by atoms with Crippen molar-refractivity contribution in [3.05, 3.63) is 71.9 Å². The lowest BCUT2D eigenvalue weighted by atomic mass is 9.95. The Morgan fingerprint density at radius 1 is 1.12 bits per heavy atom. The van der Waals surface area contributed by atoms with E-state index in [2.05, 4.69) is 39.4 Å². The Morgan fingerprint density at radius 3 is 2.60 bits per heavy atom. The first-order valence-electron chi connectivity index (χ1n) is 8.28. The molecule has 0 aliphatic heterocycles. The predicted molar refractivity (Wildman–Crippen MR) is 98.8 cm³/mol. The van der Waals surface area contributed by atoms with Crippen molar-refractivity contribution >= 4 is 17.5 Å². The van der Waals surface area contributed by atoms with E-state index in [1.807, 2.05) is 30.3 Å². The van der Waals surface area contributed by atoms with Gasteiger partial charge in [0.25, 0.3) is 0 Å². The fraction of sp³-hybridized carbons (Fsp3) is 0.211. The van der Waals surface area contributed by atoms with Gasteiger partial charge in [-0.25, -0.2) is 14.8 Å². The molecule has 1 aromatic carbocycles. The molecule has 128 valence electrons. The summed E-state index contributed by atoms with van der Waals surface area (Å²) in [6.07, 6.45) is 4.27. The summed E-state index contributed by atoms with van der Waals surface area (Å²) in [5.41, 5.74) is 4.11. The SMILES string of the molecule is CCc1nc[nH]c1[C@H](C)c1ccc(NC(=O)Nc2ccccn2)cc1. The number of aromatic amines is 1. The molecular formula is C19H21N5O. The van der Waals surface area contributed by atoms with E-state index in [0.29, 0.717) is 5.82 Å². The molecule has 0 radical (unpaired) electrons. The quantitative estimate of drug-likeness (QED) is 0.654. The topological polar surface area (TPSA) is 82.7 Å². The molecule has 2 heterocycles. The summed E-state index contributed by atoms with van der Waals surface area (Å²) in [5.74, 6) is 0.727. The number of anilines is 2. The summed E-state index contributed by atoms with van der Waals surface area (Å²) in [6.45, 7) is 4.24. The molecule has 0 aliphatic carbocycles. The highest BCUT2D eigenvalue weighted by molar-refractivity contribution is 5.99. The molecule has 0 unspecified atom stereocenters. The number of hydrogen-bond donors (Lipinski definition) is 3. The standard InChI is InChI=1S/C19H21N5O/c1-3-16-18(22-12-21-16)13(2)14-7-9-15(10-8-14)23-19(25)24-17-6-4-5-11-20-17/h4-13H,3H2,1-2H3,(H,21,22)(H2,20,23,24,25)/t13-/m1/s1. The van der Waals surface area contributed by atoms with Crippen LogP contribution in [0.1, 0.15) is 36.7 Å². The minimum Gasteiger partial charge on any atom is -0.348 e. The third-order valence-corrected chi connectivity index (χ3v) is 4.09. The highest BCUT2D eigenvalue weighted by Crippen LogP contribution is 2.26. The molecule has 6 heteroatoms. The molecule has 3 aromatic rings. The van der Waals surface area contributed by atoms with Crippen LogP contribution in [0.15, 0.2) is 55.0 Å². The van der Waals surface area contributed by atoms with Gasteiger partial charge in [-0.1, -0.05) is 32.0 Å². The Bertz CT molecular complexity index is 827. The first-order chi connectivity index (χ1) is 12.2. The molecule has 1 atom stereocenters. The van der Waals surface area contributed by atoms with E-state index in [9.17, 15) is 4.79 Å². The van der Waals surface area contributed by atoms with E-state index in [1.165, 1.54) is 0 Å². The predicted octanol–water partition coefficient (Wildman–Crippen LogP) is 4.16. The van der Waals surface area contributed by atoms with Crippen LogP contribution in [0, 0.1) is 0 Å². The number of benzene rings is 1. The molecule has 6 nitrogen and oxygen atoms in total. The highest BCUT2D eigenvalue weighted by atomic mass is 16.2. The molecule has 0 fully saturated rings. The smallest absolute Gasteiger partial charge is 0.324 e. The summed E-state index contributed by atoms with van der Waals surface area (Å²) in [5, 5.41) is 5.49. The number of imidazole rings is 1. The van der Waals surface area contributed by atoms with Gasteiger partial charge in [-0.2, -0.15) is 0 Å².